The van der Waals surface area contributed by atoms with Gasteiger partial charge < -0.3 is 15.8 Å². The van der Waals surface area contributed by atoms with Crippen molar-refractivity contribution in [1.82, 2.24) is 19.9 Å². The first-order valence-electron chi connectivity index (χ1n) is 7.76. The Balaban J connectivity index is 1.55. The number of ether oxygens (including phenoxy) is 1. The number of hydrogen-bond acceptors (Lipinski definition) is 5. The molecule has 1 amide bonds. The standard InChI is InChI=1S/C16H21N5O2/c1-11-18-6-7-21(11)15-5-2-12(9-19-15)10-20-16(22)14-4-3-13(8-17)23-14/h2,5-7,9,13-14H,3-4,8,10,17H2,1H3,(H,20,22)/t13-,14+/m1/s1. The Morgan fingerprint density at radius 3 is 2.91 bits per heavy atom. The highest BCUT2D eigenvalue weighted by molar-refractivity contribution is 5.81. The normalized spacial score (nSPS) is 20.6. The van der Waals surface area contributed by atoms with Gasteiger partial charge in [0.05, 0.1) is 6.10 Å². The average molecular weight is 315 g/mol. The molecule has 7 nitrogen and oxygen atoms in total. The number of amides is 1. The van der Waals surface area contributed by atoms with E-state index in [9.17, 15) is 4.79 Å². The van der Waals surface area contributed by atoms with Gasteiger partial charge in [-0.15, -0.1) is 0 Å². The van der Waals surface area contributed by atoms with Crippen molar-refractivity contribution in [3.05, 3.63) is 42.1 Å². The van der Waals surface area contributed by atoms with Crippen LogP contribution in [0, 0.1) is 6.92 Å². The van der Waals surface area contributed by atoms with E-state index in [1.54, 1.807) is 12.4 Å². The third-order valence-corrected chi connectivity index (χ3v) is 4.01. The Morgan fingerprint density at radius 2 is 2.30 bits per heavy atom. The van der Waals surface area contributed by atoms with Crippen LogP contribution in [0.25, 0.3) is 5.82 Å². The second kappa shape index (κ2) is 6.89. The number of pyridine rings is 1. The Labute approximate surface area is 134 Å². The average Bonchev–Trinajstić information content (AvgIpc) is 3.22. The lowest BCUT2D eigenvalue weighted by Crippen LogP contribution is -2.35. The van der Waals surface area contributed by atoms with Gasteiger partial charge in [-0.1, -0.05) is 6.07 Å². The summed E-state index contributed by atoms with van der Waals surface area (Å²) in [5, 5.41) is 2.89. The minimum absolute atomic E-state index is 0.00474. The summed E-state index contributed by atoms with van der Waals surface area (Å²) in [6.45, 7) is 2.82. The van der Waals surface area contributed by atoms with Crippen LogP contribution in [0.5, 0.6) is 0 Å². The summed E-state index contributed by atoms with van der Waals surface area (Å²) in [5.41, 5.74) is 6.49. The number of rotatable bonds is 5. The maximum atomic E-state index is 12.1. The van der Waals surface area contributed by atoms with Crippen molar-refractivity contribution < 1.29 is 9.53 Å². The van der Waals surface area contributed by atoms with Gasteiger partial charge in [-0.25, -0.2) is 9.97 Å². The zero-order chi connectivity index (χ0) is 16.2. The Kier molecular flexibility index (Phi) is 4.68. The van der Waals surface area contributed by atoms with Gasteiger partial charge >= 0.3 is 0 Å². The number of nitrogens with zero attached hydrogens (tertiary/aromatic N) is 3. The molecule has 1 aliphatic rings. The fraction of sp³-hybridized carbons (Fsp3) is 0.438. The lowest BCUT2D eigenvalue weighted by atomic mass is 10.2. The molecule has 2 aromatic rings. The number of aromatic nitrogens is 3. The fourth-order valence-electron chi connectivity index (χ4n) is 2.66. The number of carbonyl (C=O) groups excluding carboxylic acids is 1. The molecule has 23 heavy (non-hydrogen) atoms. The molecule has 1 fully saturated rings. The van der Waals surface area contributed by atoms with Gasteiger partial charge in [-0.2, -0.15) is 0 Å². The first kappa shape index (κ1) is 15.6. The van der Waals surface area contributed by atoms with Crippen molar-refractivity contribution in [1.29, 1.82) is 0 Å². The van der Waals surface area contributed by atoms with Gasteiger partial charge in [0.25, 0.3) is 0 Å². The number of hydrogen-bond donors (Lipinski definition) is 2. The molecule has 0 unspecified atom stereocenters. The zero-order valence-corrected chi connectivity index (χ0v) is 13.1. The highest BCUT2D eigenvalue weighted by atomic mass is 16.5. The van der Waals surface area contributed by atoms with Gasteiger partial charge in [0.15, 0.2) is 0 Å². The van der Waals surface area contributed by atoms with E-state index in [0.717, 1.165) is 30.0 Å². The maximum Gasteiger partial charge on any atom is 0.249 e. The predicted octanol–water partition coefficient (Wildman–Crippen LogP) is 0.698. The molecule has 0 aromatic carbocycles. The van der Waals surface area contributed by atoms with E-state index in [-0.39, 0.29) is 18.1 Å². The summed E-state index contributed by atoms with van der Waals surface area (Å²) in [7, 11) is 0. The lowest BCUT2D eigenvalue weighted by Gasteiger charge is -2.13. The van der Waals surface area contributed by atoms with E-state index < -0.39 is 0 Å². The predicted molar refractivity (Wildman–Crippen MR) is 84.9 cm³/mol. The molecule has 3 rings (SSSR count). The number of nitrogens with two attached hydrogens (primary N) is 1. The SMILES string of the molecule is Cc1nccn1-c1ccc(CNC(=O)[C@@H]2CC[C@H](CN)O2)cn1. The largest absolute Gasteiger partial charge is 0.364 e. The third kappa shape index (κ3) is 3.57. The summed E-state index contributed by atoms with van der Waals surface area (Å²) < 4.78 is 7.48. The number of imidazole rings is 1. The summed E-state index contributed by atoms with van der Waals surface area (Å²) in [6.07, 6.45) is 6.55. The van der Waals surface area contributed by atoms with Crippen LogP contribution in [0.1, 0.15) is 24.2 Å². The molecule has 1 aliphatic heterocycles. The molecule has 2 atom stereocenters. The smallest absolute Gasteiger partial charge is 0.249 e. The van der Waals surface area contributed by atoms with Crippen LogP contribution in [0.4, 0.5) is 0 Å². The molecule has 3 heterocycles. The van der Waals surface area contributed by atoms with E-state index in [1.165, 1.54) is 0 Å². The summed E-state index contributed by atoms with van der Waals surface area (Å²) >= 11 is 0. The van der Waals surface area contributed by atoms with Gasteiger partial charge in [-0.05, 0) is 31.4 Å². The molecule has 0 aliphatic carbocycles. The molecular weight excluding hydrogens is 294 g/mol. The maximum absolute atomic E-state index is 12.1. The zero-order valence-electron chi connectivity index (χ0n) is 13.1. The quantitative estimate of drug-likeness (QED) is 0.847. The van der Waals surface area contributed by atoms with Crippen LogP contribution >= 0.6 is 0 Å². The van der Waals surface area contributed by atoms with Crippen molar-refractivity contribution in [2.75, 3.05) is 6.54 Å². The van der Waals surface area contributed by atoms with E-state index >= 15 is 0 Å². The molecule has 0 bridgehead atoms. The highest BCUT2D eigenvalue weighted by Crippen LogP contribution is 2.19. The Bertz CT molecular complexity index is 667. The fourth-order valence-corrected chi connectivity index (χ4v) is 2.66. The number of aryl methyl sites for hydroxylation is 1. The molecule has 1 saturated heterocycles. The first-order valence-corrected chi connectivity index (χ1v) is 7.76. The molecule has 2 aromatic heterocycles. The van der Waals surface area contributed by atoms with Crippen molar-refractivity contribution >= 4 is 5.91 Å². The molecular formula is C16H21N5O2. The molecule has 3 N–H and O–H groups in total. The van der Waals surface area contributed by atoms with E-state index in [1.807, 2.05) is 29.8 Å². The Morgan fingerprint density at radius 1 is 1.43 bits per heavy atom. The van der Waals surface area contributed by atoms with E-state index in [2.05, 4.69) is 15.3 Å². The highest BCUT2D eigenvalue weighted by Gasteiger charge is 2.29. The molecule has 0 radical (unpaired) electrons. The molecule has 0 spiro atoms. The van der Waals surface area contributed by atoms with E-state index in [0.29, 0.717) is 13.1 Å². The van der Waals surface area contributed by atoms with Crippen LogP contribution in [0.3, 0.4) is 0 Å². The van der Waals surface area contributed by atoms with Crippen LogP contribution in [0.15, 0.2) is 30.7 Å². The monoisotopic (exact) mass is 315 g/mol. The van der Waals surface area contributed by atoms with Crippen molar-refractivity contribution in [3.63, 3.8) is 0 Å². The van der Waals surface area contributed by atoms with Crippen molar-refractivity contribution in [3.8, 4) is 5.82 Å². The molecule has 0 saturated carbocycles. The molecule has 122 valence electrons. The summed E-state index contributed by atoms with van der Waals surface area (Å²) in [5.74, 6) is 1.60. The second-order valence-electron chi connectivity index (χ2n) is 5.65. The number of carbonyl (C=O) groups is 1. The van der Waals surface area contributed by atoms with E-state index in [4.69, 9.17) is 10.5 Å². The third-order valence-electron chi connectivity index (χ3n) is 4.01. The van der Waals surface area contributed by atoms with Crippen LogP contribution in [0.2, 0.25) is 0 Å². The van der Waals surface area contributed by atoms with Gasteiger partial charge in [0, 0.05) is 31.7 Å². The van der Waals surface area contributed by atoms with Crippen LogP contribution < -0.4 is 11.1 Å². The van der Waals surface area contributed by atoms with Crippen molar-refractivity contribution in [2.45, 2.75) is 38.5 Å². The Hall–Kier alpha value is -2.25. The minimum atomic E-state index is -0.385. The van der Waals surface area contributed by atoms with Crippen molar-refractivity contribution in [2.24, 2.45) is 5.73 Å². The van der Waals surface area contributed by atoms with Crippen LogP contribution in [-0.4, -0.2) is 39.2 Å². The summed E-state index contributed by atoms with van der Waals surface area (Å²) in [6, 6.07) is 3.85. The van der Waals surface area contributed by atoms with Gasteiger partial charge in [0.1, 0.15) is 17.7 Å². The van der Waals surface area contributed by atoms with Crippen LogP contribution in [-0.2, 0) is 16.1 Å². The molecule has 7 heteroatoms. The minimum Gasteiger partial charge on any atom is -0.364 e. The van der Waals surface area contributed by atoms with Gasteiger partial charge in [-0.3, -0.25) is 9.36 Å². The van der Waals surface area contributed by atoms with Gasteiger partial charge in [0.2, 0.25) is 5.91 Å². The summed E-state index contributed by atoms with van der Waals surface area (Å²) in [4.78, 5) is 20.7. The second-order valence-corrected chi connectivity index (χ2v) is 5.65. The lowest BCUT2D eigenvalue weighted by molar-refractivity contribution is -0.132. The first-order chi connectivity index (χ1) is 11.2. The number of nitrogens with one attached hydrogen (secondary N) is 1. The topological polar surface area (TPSA) is 95.1 Å².